The van der Waals surface area contributed by atoms with E-state index in [1.165, 1.54) is 29.0 Å². The Hall–Kier alpha value is -0.880. The number of rotatable bonds is 7. The second-order valence-corrected chi connectivity index (χ2v) is 8.87. The summed E-state index contributed by atoms with van der Waals surface area (Å²) < 4.78 is 25.0. The quantitative estimate of drug-likeness (QED) is 0.729. The van der Waals surface area contributed by atoms with Crippen LogP contribution in [0.15, 0.2) is 11.6 Å². The third kappa shape index (κ3) is 6.92. The number of allylic oxidation sites excluding steroid dienone is 1. The summed E-state index contributed by atoms with van der Waals surface area (Å²) in [6.45, 7) is 6.36. The van der Waals surface area contributed by atoms with Gasteiger partial charge in [-0.15, -0.1) is 0 Å². The molecule has 0 bridgehead atoms. The molecule has 1 amide bonds. The van der Waals surface area contributed by atoms with Crippen LogP contribution in [0.4, 0.5) is 0 Å². The summed E-state index contributed by atoms with van der Waals surface area (Å²) in [7, 11) is -3.31. The van der Waals surface area contributed by atoms with E-state index in [9.17, 15) is 13.2 Å². The Balaban J connectivity index is 2.36. The van der Waals surface area contributed by atoms with Gasteiger partial charge in [0, 0.05) is 25.0 Å². The molecule has 0 unspecified atom stereocenters. The lowest BCUT2D eigenvalue weighted by Gasteiger charge is -2.33. The van der Waals surface area contributed by atoms with Gasteiger partial charge < -0.3 is 5.32 Å². The van der Waals surface area contributed by atoms with Crippen molar-refractivity contribution in [1.82, 2.24) is 9.62 Å². The minimum absolute atomic E-state index is 0.0886. The lowest BCUT2D eigenvalue weighted by molar-refractivity contribution is -0.121. The van der Waals surface area contributed by atoms with E-state index < -0.39 is 15.6 Å². The summed E-state index contributed by atoms with van der Waals surface area (Å²) in [5.74, 6) is -0.0886. The van der Waals surface area contributed by atoms with Crippen LogP contribution in [0.5, 0.6) is 0 Å². The van der Waals surface area contributed by atoms with Crippen molar-refractivity contribution in [2.75, 3.05) is 19.3 Å². The van der Waals surface area contributed by atoms with Crippen molar-refractivity contribution >= 4 is 15.9 Å². The highest BCUT2D eigenvalue weighted by Gasteiger charge is 2.29. The number of hydrogen-bond donors (Lipinski definition) is 1. The smallest absolute Gasteiger partial charge is 0.221 e. The predicted octanol–water partition coefficient (Wildman–Crippen LogP) is 2.44. The molecule has 0 saturated heterocycles. The van der Waals surface area contributed by atoms with Gasteiger partial charge in [-0.25, -0.2) is 8.42 Å². The summed E-state index contributed by atoms with van der Waals surface area (Å²) >= 11 is 0. The Morgan fingerprint density at radius 2 is 2.00 bits per heavy atom. The van der Waals surface area contributed by atoms with Crippen molar-refractivity contribution in [2.45, 2.75) is 64.8 Å². The molecule has 0 spiro atoms. The molecule has 0 aromatic carbocycles. The molecule has 0 atom stereocenters. The average molecular weight is 330 g/mol. The average Bonchev–Trinajstić information content (AvgIpc) is 2.37. The molecule has 128 valence electrons. The molecule has 22 heavy (non-hydrogen) atoms. The SMILES string of the molecule is CC(C)(C)N(CCC(=O)NCCC1=CCCCC1)S(C)(=O)=O. The standard InChI is InChI=1S/C16H30N2O3S/c1-16(2,3)18(22(4,20)21)13-11-15(19)17-12-10-14-8-6-5-7-9-14/h8H,5-7,9-13H2,1-4H3,(H,17,19). The zero-order chi connectivity index (χ0) is 16.8. The Kier molecular flexibility index (Phi) is 7.06. The number of amides is 1. The van der Waals surface area contributed by atoms with E-state index in [0.717, 1.165) is 19.3 Å². The fraction of sp³-hybridized carbons (Fsp3) is 0.812. The van der Waals surface area contributed by atoms with Gasteiger partial charge in [-0.05, 0) is 52.9 Å². The molecule has 1 N–H and O–H groups in total. The number of hydrogen-bond acceptors (Lipinski definition) is 3. The van der Waals surface area contributed by atoms with E-state index in [4.69, 9.17) is 0 Å². The van der Waals surface area contributed by atoms with Gasteiger partial charge in [0.25, 0.3) is 0 Å². The normalized spacial score (nSPS) is 16.5. The van der Waals surface area contributed by atoms with Crippen LogP contribution in [-0.4, -0.2) is 43.5 Å². The molecule has 6 heteroatoms. The number of nitrogens with zero attached hydrogens (tertiary/aromatic N) is 1. The number of carbonyl (C=O) groups is 1. The van der Waals surface area contributed by atoms with Gasteiger partial charge >= 0.3 is 0 Å². The second-order valence-electron chi connectivity index (χ2n) is 6.96. The topological polar surface area (TPSA) is 66.5 Å². The van der Waals surface area contributed by atoms with E-state index in [-0.39, 0.29) is 18.9 Å². The molecule has 0 fully saturated rings. The fourth-order valence-corrected chi connectivity index (χ4v) is 4.20. The zero-order valence-electron chi connectivity index (χ0n) is 14.3. The molecule has 5 nitrogen and oxygen atoms in total. The third-order valence-electron chi connectivity index (χ3n) is 3.84. The fourth-order valence-electron chi connectivity index (χ4n) is 2.78. The van der Waals surface area contributed by atoms with Crippen molar-refractivity contribution < 1.29 is 13.2 Å². The van der Waals surface area contributed by atoms with Crippen LogP contribution in [0.25, 0.3) is 0 Å². The van der Waals surface area contributed by atoms with E-state index in [0.29, 0.717) is 6.54 Å². The highest BCUT2D eigenvalue weighted by molar-refractivity contribution is 7.88. The molecule has 0 radical (unpaired) electrons. The van der Waals surface area contributed by atoms with Gasteiger partial charge in [-0.1, -0.05) is 11.6 Å². The first-order valence-corrected chi connectivity index (χ1v) is 9.88. The van der Waals surface area contributed by atoms with Gasteiger partial charge in [0.05, 0.1) is 6.26 Å². The summed E-state index contributed by atoms with van der Waals surface area (Å²) in [5.41, 5.74) is 0.917. The minimum Gasteiger partial charge on any atom is -0.356 e. The first kappa shape index (κ1) is 19.2. The van der Waals surface area contributed by atoms with Gasteiger partial charge in [-0.2, -0.15) is 4.31 Å². The van der Waals surface area contributed by atoms with Crippen molar-refractivity contribution in [2.24, 2.45) is 0 Å². The van der Waals surface area contributed by atoms with E-state index in [2.05, 4.69) is 11.4 Å². The lowest BCUT2D eigenvalue weighted by atomic mass is 9.97. The first-order valence-electron chi connectivity index (χ1n) is 8.03. The maximum absolute atomic E-state index is 11.9. The molecule has 1 aliphatic rings. The third-order valence-corrected chi connectivity index (χ3v) is 5.37. The first-order chi connectivity index (χ1) is 10.1. The number of carbonyl (C=O) groups excluding carboxylic acids is 1. The number of nitrogens with one attached hydrogen (secondary N) is 1. The van der Waals surface area contributed by atoms with Gasteiger partial charge in [0.2, 0.25) is 15.9 Å². The molecule has 0 aliphatic heterocycles. The Morgan fingerprint density at radius 1 is 1.32 bits per heavy atom. The van der Waals surface area contributed by atoms with E-state index in [1.807, 2.05) is 20.8 Å². The summed E-state index contributed by atoms with van der Waals surface area (Å²) in [6.07, 6.45) is 9.37. The summed E-state index contributed by atoms with van der Waals surface area (Å²) in [4.78, 5) is 11.9. The van der Waals surface area contributed by atoms with Gasteiger partial charge in [-0.3, -0.25) is 4.79 Å². The molecular formula is C16H30N2O3S. The Morgan fingerprint density at radius 3 is 2.50 bits per heavy atom. The monoisotopic (exact) mass is 330 g/mol. The van der Waals surface area contributed by atoms with Crippen LogP contribution in [0.2, 0.25) is 0 Å². The van der Waals surface area contributed by atoms with E-state index >= 15 is 0 Å². The molecule has 0 saturated carbocycles. The zero-order valence-corrected chi connectivity index (χ0v) is 15.1. The van der Waals surface area contributed by atoms with Crippen LogP contribution >= 0.6 is 0 Å². The maximum atomic E-state index is 11.9. The molecular weight excluding hydrogens is 300 g/mol. The molecule has 1 rings (SSSR count). The summed E-state index contributed by atoms with van der Waals surface area (Å²) in [6, 6.07) is 0. The van der Waals surface area contributed by atoms with Crippen molar-refractivity contribution in [3.63, 3.8) is 0 Å². The van der Waals surface area contributed by atoms with Crippen LogP contribution in [0, 0.1) is 0 Å². The van der Waals surface area contributed by atoms with Gasteiger partial charge in [0.1, 0.15) is 0 Å². The highest BCUT2D eigenvalue weighted by Crippen LogP contribution is 2.19. The molecule has 0 heterocycles. The van der Waals surface area contributed by atoms with Crippen molar-refractivity contribution in [3.05, 3.63) is 11.6 Å². The maximum Gasteiger partial charge on any atom is 0.221 e. The van der Waals surface area contributed by atoms with Crippen LogP contribution < -0.4 is 5.32 Å². The Bertz CT molecular complexity index is 504. The van der Waals surface area contributed by atoms with Crippen molar-refractivity contribution in [3.8, 4) is 0 Å². The largest absolute Gasteiger partial charge is 0.356 e. The van der Waals surface area contributed by atoms with Gasteiger partial charge in [0.15, 0.2) is 0 Å². The highest BCUT2D eigenvalue weighted by atomic mass is 32.2. The lowest BCUT2D eigenvalue weighted by Crippen LogP contribution is -2.46. The molecule has 1 aliphatic carbocycles. The Labute approximate surface area is 135 Å². The van der Waals surface area contributed by atoms with Crippen LogP contribution in [0.3, 0.4) is 0 Å². The van der Waals surface area contributed by atoms with Crippen LogP contribution in [0.1, 0.15) is 59.3 Å². The van der Waals surface area contributed by atoms with Crippen LogP contribution in [-0.2, 0) is 14.8 Å². The predicted molar refractivity (Wildman–Crippen MR) is 90.1 cm³/mol. The molecule has 0 aromatic heterocycles. The minimum atomic E-state index is -3.31. The second kappa shape index (κ2) is 8.11. The van der Waals surface area contributed by atoms with E-state index in [1.54, 1.807) is 0 Å². The molecule has 0 aromatic rings. The summed E-state index contributed by atoms with van der Waals surface area (Å²) in [5, 5.41) is 2.89. The number of sulfonamides is 1. The van der Waals surface area contributed by atoms with Crippen molar-refractivity contribution in [1.29, 1.82) is 0 Å².